The molecule has 2 rings (SSSR count). The van der Waals surface area contributed by atoms with Gasteiger partial charge in [-0.25, -0.2) is 4.79 Å². The van der Waals surface area contributed by atoms with E-state index >= 15 is 0 Å². The van der Waals surface area contributed by atoms with Crippen LogP contribution in [0.2, 0.25) is 0 Å². The predicted molar refractivity (Wildman–Crippen MR) is 95.8 cm³/mol. The van der Waals surface area contributed by atoms with Crippen molar-refractivity contribution in [1.29, 1.82) is 0 Å². The smallest absolute Gasteiger partial charge is 0.387 e. The zero-order chi connectivity index (χ0) is 21.4. The van der Waals surface area contributed by atoms with Crippen LogP contribution in [-0.4, -0.2) is 36.1 Å². The summed E-state index contributed by atoms with van der Waals surface area (Å²) in [5.74, 6) is -1.68. The molecule has 29 heavy (non-hydrogen) atoms. The predicted octanol–water partition coefficient (Wildman–Crippen LogP) is 3.15. The molecule has 0 aliphatic rings. The van der Waals surface area contributed by atoms with E-state index < -0.39 is 36.1 Å². The maximum absolute atomic E-state index is 12.4. The summed E-state index contributed by atoms with van der Waals surface area (Å²) in [5, 5.41) is 12.9. The number of ether oxygens (including phenoxy) is 3. The van der Waals surface area contributed by atoms with Crippen molar-refractivity contribution in [3.63, 3.8) is 0 Å². The Bertz CT molecular complexity index is 875. The van der Waals surface area contributed by atoms with E-state index in [-0.39, 0.29) is 22.9 Å². The molecular formula is C18H16F2N2O7. The molecule has 0 bridgehead atoms. The SMILES string of the molecule is C[C@@H](OC(=O)COc1ccc([N+](=O)[O-])cc1)C(=O)Nc1ccccc1OC(F)F. The number of anilines is 1. The highest BCUT2D eigenvalue weighted by Gasteiger charge is 2.20. The van der Waals surface area contributed by atoms with Crippen LogP contribution in [0.5, 0.6) is 11.5 Å². The van der Waals surface area contributed by atoms with Crippen LogP contribution in [0.4, 0.5) is 20.2 Å². The molecule has 1 amide bonds. The van der Waals surface area contributed by atoms with E-state index in [1.165, 1.54) is 55.5 Å². The highest BCUT2D eigenvalue weighted by atomic mass is 19.3. The molecule has 0 aliphatic heterocycles. The second kappa shape index (κ2) is 9.97. The van der Waals surface area contributed by atoms with Gasteiger partial charge in [-0.3, -0.25) is 14.9 Å². The lowest BCUT2D eigenvalue weighted by Crippen LogP contribution is -2.31. The lowest BCUT2D eigenvalue weighted by atomic mass is 10.2. The minimum absolute atomic E-state index is 0.0113. The Hall–Kier alpha value is -3.76. The van der Waals surface area contributed by atoms with Crippen LogP contribution in [-0.2, 0) is 14.3 Å². The summed E-state index contributed by atoms with van der Waals surface area (Å²) < 4.78 is 39.2. The molecule has 0 aliphatic carbocycles. The summed E-state index contributed by atoms with van der Waals surface area (Å²) in [6.07, 6.45) is -1.25. The van der Waals surface area contributed by atoms with Crippen molar-refractivity contribution in [2.45, 2.75) is 19.6 Å². The lowest BCUT2D eigenvalue weighted by Gasteiger charge is -2.16. The maximum atomic E-state index is 12.4. The minimum Gasteiger partial charge on any atom is -0.482 e. The molecule has 0 radical (unpaired) electrons. The Kier molecular flexibility index (Phi) is 7.40. The van der Waals surface area contributed by atoms with Crippen LogP contribution < -0.4 is 14.8 Å². The largest absolute Gasteiger partial charge is 0.482 e. The number of rotatable bonds is 9. The molecular weight excluding hydrogens is 394 g/mol. The molecule has 0 spiro atoms. The molecule has 0 unspecified atom stereocenters. The fourth-order valence-corrected chi connectivity index (χ4v) is 2.09. The second-order valence-corrected chi connectivity index (χ2v) is 5.54. The Labute approximate surface area is 163 Å². The number of nitrogens with one attached hydrogen (secondary N) is 1. The number of non-ortho nitro benzene ring substituents is 1. The molecule has 0 saturated carbocycles. The number of benzene rings is 2. The molecule has 154 valence electrons. The number of para-hydroxylation sites is 2. The standard InChI is InChI=1S/C18H16F2N2O7/c1-11(17(24)21-14-4-2-3-5-15(14)29-18(19)20)28-16(23)10-27-13-8-6-12(7-9-13)22(25)26/h2-9,11,18H,10H2,1H3,(H,21,24)/t11-/m1/s1. The molecule has 0 saturated heterocycles. The molecule has 11 heteroatoms. The van der Waals surface area contributed by atoms with E-state index in [1.807, 2.05) is 0 Å². The number of carbonyl (C=O) groups excluding carboxylic acids is 2. The monoisotopic (exact) mass is 410 g/mol. The zero-order valence-electron chi connectivity index (χ0n) is 15.0. The number of nitrogens with zero attached hydrogens (tertiary/aromatic N) is 1. The lowest BCUT2D eigenvalue weighted by molar-refractivity contribution is -0.384. The third-order valence-corrected chi connectivity index (χ3v) is 3.44. The van der Waals surface area contributed by atoms with Gasteiger partial charge in [0.2, 0.25) is 0 Å². The number of nitro benzene ring substituents is 1. The van der Waals surface area contributed by atoms with Gasteiger partial charge in [-0.05, 0) is 31.2 Å². The molecule has 0 aromatic heterocycles. The number of amides is 1. The summed E-state index contributed by atoms with van der Waals surface area (Å²) in [6.45, 7) is -2.32. The Morgan fingerprint density at radius 2 is 1.79 bits per heavy atom. The van der Waals surface area contributed by atoms with Gasteiger partial charge in [0.15, 0.2) is 12.7 Å². The van der Waals surface area contributed by atoms with Crippen molar-refractivity contribution >= 4 is 23.3 Å². The quantitative estimate of drug-likeness (QED) is 0.383. The van der Waals surface area contributed by atoms with Crippen LogP contribution >= 0.6 is 0 Å². The van der Waals surface area contributed by atoms with E-state index in [9.17, 15) is 28.5 Å². The second-order valence-electron chi connectivity index (χ2n) is 5.54. The van der Waals surface area contributed by atoms with Crippen LogP contribution in [0, 0.1) is 10.1 Å². The van der Waals surface area contributed by atoms with E-state index in [0.717, 1.165) is 0 Å². The first kappa shape index (κ1) is 21.5. The van der Waals surface area contributed by atoms with Crippen molar-refractivity contribution in [2.75, 3.05) is 11.9 Å². The van der Waals surface area contributed by atoms with Crippen molar-refractivity contribution in [2.24, 2.45) is 0 Å². The summed E-state index contributed by atoms with van der Waals surface area (Å²) in [6, 6.07) is 10.6. The molecule has 2 aromatic rings. The average Bonchev–Trinajstić information content (AvgIpc) is 2.67. The first-order valence-electron chi connectivity index (χ1n) is 8.17. The Morgan fingerprint density at radius 1 is 1.14 bits per heavy atom. The van der Waals surface area contributed by atoms with Crippen molar-refractivity contribution in [3.05, 3.63) is 58.6 Å². The van der Waals surface area contributed by atoms with Gasteiger partial charge in [0, 0.05) is 12.1 Å². The molecule has 0 heterocycles. The summed E-state index contributed by atoms with van der Waals surface area (Å²) in [5.41, 5.74) is -0.149. The van der Waals surface area contributed by atoms with E-state index in [0.29, 0.717) is 0 Å². The van der Waals surface area contributed by atoms with Crippen LogP contribution in [0.1, 0.15) is 6.92 Å². The van der Waals surface area contributed by atoms with Crippen molar-refractivity contribution in [1.82, 2.24) is 0 Å². The average molecular weight is 410 g/mol. The fourth-order valence-electron chi connectivity index (χ4n) is 2.09. The first-order valence-corrected chi connectivity index (χ1v) is 8.17. The zero-order valence-corrected chi connectivity index (χ0v) is 15.0. The minimum atomic E-state index is -3.07. The van der Waals surface area contributed by atoms with Gasteiger partial charge in [-0.15, -0.1) is 0 Å². The van der Waals surface area contributed by atoms with Gasteiger partial charge >= 0.3 is 12.6 Å². The van der Waals surface area contributed by atoms with E-state index in [4.69, 9.17) is 9.47 Å². The Morgan fingerprint density at radius 3 is 2.41 bits per heavy atom. The summed E-state index contributed by atoms with van der Waals surface area (Å²) in [4.78, 5) is 33.9. The highest BCUT2D eigenvalue weighted by molar-refractivity contribution is 5.96. The third-order valence-electron chi connectivity index (χ3n) is 3.44. The van der Waals surface area contributed by atoms with Crippen molar-refractivity contribution < 1.29 is 37.5 Å². The number of carbonyl (C=O) groups is 2. The van der Waals surface area contributed by atoms with Gasteiger partial charge in [0.05, 0.1) is 10.6 Å². The van der Waals surface area contributed by atoms with Crippen molar-refractivity contribution in [3.8, 4) is 11.5 Å². The van der Waals surface area contributed by atoms with Crippen LogP contribution in [0.25, 0.3) is 0 Å². The van der Waals surface area contributed by atoms with E-state index in [1.54, 1.807) is 0 Å². The van der Waals surface area contributed by atoms with Crippen LogP contribution in [0.3, 0.4) is 0 Å². The van der Waals surface area contributed by atoms with Gasteiger partial charge in [-0.1, -0.05) is 12.1 Å². The van der Waals surface area contributed by atoms with Gasteiger partial charge in [0.1, 0.15) is 11.5 Å². The van der Waals surface area contributed by atoms with Crippen LogP contribution in [0.15, 0.2) is 48.5 Å². The normalized spacial score (nSPS) is 11.4. The van der Waals surface area contributed by atoms with Gasteiger partial charge in [-0.2, -0.15) is 8.78 Å². The summed E-state index contributed by atoms with van der Waals surface area (Å²) in [7, 11) is 0. The number of hydrogen-bond donors (Lipinski definition) is 1. The molecule has 1 N–H and O–H groups in total. The fraction of sp³-hybridized carbons (Fsp3) is 0.222. The number of nitro groups is 1. The maximum Gasteiger partial charge on any atom is 0.387 e. The third kappa shape index (κ3) is 6.72. The number of esters is 1. The highest BCUT2D eigenvalue weighted by Crippen LogP contribution is 2.25. The molecule has 1 atom stereocenters. The number of halogens is 2. The summed E-state index contributed by atoms with van der Waals surface area (Å²) >= 11 is 0. The molecule has 2 aromatic carbocycles. The first-order chi connectivity index (χ1) is 13.8. The topological polar surface area (TPSA) is 117 Å². The molecule has 0 fully saturated rings. The Balaban J connectivity index is 1.86. The molecule has 9 nitrogen and oxygen atoms in total. The van der Waals surface area contributed by atoms with E-state index in [2.05, 4.69) is 10.1 Å². The van der Waals surface area contributed by atoms with Gasteiger partial charge in [0.25, 0.3) is 11.6 Å². The number of hydrogen-bond acceptors (Lipinski definition) is 7. The number of alkyl halides is 2. The van der Waals surface area contributed by atoms with Gasteiger partial charge < -0.3 is 19.5 Å².